The third-order valence-corrected chi connectivity index (χ3v) is 6.50. The van der Waals surface area contributed by atoms with Crippen molar-refractivity contribution in [3.63, 3.8) is 0 Å². The van der Waals surface area contributed by atoms with Gasteiger partial charge in [0.25, 0.3) is 0 Å². The minimum Gasteiger partial charge on any atom is -0.493 e. The minimum atomic E-state index is -0.328. The van der Waals surface area contributed by atoms with Gasteiger partial charge in [0.05, 0.1) is 17.7 Å². The summed E-state index contributed by atoms with van der Waals surface area (Å²) in [6.07, 6.45) is 5.14. The van der Waals surface area contributed by atoms with E-state index in [2.05, 4.69) is 37.0 Å². The molecule has 136 valence electrons. The van der Waals surface area contributed by atoms with Crippen molar-refractivity contribution in [3.05, 3.63) is 45.9 Å². The van der Waals surface area contributed by atoms with Crippen molar-refractivity contribution in [1.82, 2.24) is 4.98 Å². The number of benzene rings is 1. The monoisotopic (exact) mass is 379 g/mol. The Kier molecular flexibility index (Phi) is 6.37. The molecule has 0 amide bonds. The van der Waals surface area contributed by atoms with Gasteiger partial charge < -0.3 is 9.84 Å². The number of rotatable bonds is 7. The van der Waals surface area contributed by atoms with Crippen LogP contribution in [-0.2, 0) is 6.42 Å². The Labute approximate surface area is 159 Å². The molecule has 0 bridgehead atoms. The number of ether oxygens (including phenoxy) is 1. The molecule has 1 saturated carbocycles. The van der Waals surface area contributed by atoms with Gasteiger partial charge >= 0.3 is 0 Å². The Balaban J connectivity index is 1.58. The van der Waals surface area contributed by atoms with Crippen molar-refractivity contribution in [2.75, 3.05) is 6.61 Å². The first-order valence-corrected chi connectivity index (χ1v) is 10.3. The van der Waals surface area contributed by atoms with Gasteiger partial charge in [0, 0.05) is 22.9 Å². The van der Waals surface area contributed by atoms with Gasteiger partial charge in [-0.25, -0.2) is 4.98 Å². The van der Waals surface area contributed by atoms with Crippen molar-refractivity contribution in [2.24, 2.45) is 11.8 Å². The van der Waals surface area contributed by atoms with Crippen molar-refractivity contribution in [2.45, 2.75) is 51.0 Å². The quantitative estimate of drug-likeness (QED) is 0.705. The number of hydrogen-bond acceptors (Lipinski definition) is 4. The first-order valence-electron chi connectivity index (χ1n) is 8.95. The zero-order valence-electron chi connectivity index (χ0n) is 14.8. The highest BCUT2D eigenvalue weighted by Gasteiger charge is 2.41. The summed E-state index contributed by atoms with van der Waals surface area (Å²) in [5.41, 5.74) is 2.32. The molecule has 2 aromatic rings. The molecule has 1 fully saturated rings. The van der Waals surface area contributed by atoms with E-state index in [1.807, 2.05) is 11.6 Å². The van der Waals surface area contributed by atoms with Crippen LogP contribution in [0.3, 0.4) is 0 Å². The van der Waals surface area contributed by atoms with Crippen LogP contribution in [0.1, 0.15) is 35.4 Å². The Morgan fingerprint density at radius 2 is 2.16 bits per heavy atom. The molecule has 1 aromatic heterocycles. The third-order valence-electron chi connectivity index (χ3n) is 5.16. The molecule has 25 heavy (non-hydrogen) atoms. The molecule has 0 saturated heterocycles. The molecule has 1 aliphatic rings. The number of aliphatic hydroxyl groups excluding tert-OH is 1. The van der Waals surface area contributed by atoms with E-state index < -0.39 is 0 Å². The highest BCUT2D eigenvalue weighted by Crippen LogP contribution is 2.39. The van der Waals surface area contributed by atoms with Gasteiger partial charge in [-0.3, -0.25) is 0 Å². The van der Waals surface area contributed by atoms with Crippen LogP contribution in [0.5, 0.6) is 5.75 Å². The van der Waals surface area contributed by atoms with Crippen molar-refractivity contribution in [3.8, 4) is 5.75 Å². The van der Waals surface area contributed by atoms with Crippen LogP contribution in [0, 0.1) is 25.7 Å². The first-order chi connectivity index (χ1) is 12.0. The van der Waals surface area contributed by atoms with E-state index in [4.69, 9.17) is 16.3 Å². The zero-order valence-corrected chi connectivity index (χ0v) is 16.4. The predicted molar refractivity (Wildman–Crippen MR) is 104 cm³/mol. The maximum absolute atomic E-state index is 10.4. The molecule has 4 atom stereocenters. The highest BCUT2D eigenvalue weighted by atomic mass is 35.5. The summed E-state index contributed by atoms with van der Waals surface area (Å²) in [6.45, 7) is 4.69. The number of aromatic nitrogens is 1. The predicted octanol–water partition coefficient (Wildman–Crippen LogP) is 4.77. The van der Waals surface area contributed by atoms with Gasteiger partial charge in [-0.15, -0.1) is 22.9 Å². The van der Waals surface area contributed by atoms with E-state index in [0.29, 0.717) is 13.0 Å². The topological polar surface area (TPSA) is 42.4 Å². The van der Waals surface area contributed by atoms with Gasteiger partial charge in [-0.1, -0.05) is 12.1 Å². The maximum atomic E-state index is 10.4. The van der Waals surface area contributed by atoms with E-state index in [9.17, 15) is 5.11 Å². The fraction of sp³-hybridized carbons (Fsp3) is 0.550. The summed E-state index contributed by atoms with van der Waals surface area (Å²) in [5.74, 6) is 1.31. The fourth-order valence-corrected chi connectivity index (χ4v) is 4.79. The summed E-state index contributed by atoms with van der Waals surface area (Å²) in [7, 11) is 0. The van der Waals surface area contributed by atoms with Gasteiger partial charge in [0.15, 0.2) is 0 Å². The second-order valence-electron chi connectivity index (χ2n) is 7.04. The van der Waals surface area contributed by atoms with Crippen molar-refractivity contribution >= 4 is 22.9 Å². The molecule has 2 unspecified atom stereocenters. The second-order valence-corrected chi connectivity index (χ2v) is 8.58. The van der Waals surface area contributed by atoms with Crippen LogP contribution in [0.25, 0.3) is 0 Å². The number of halogens is 1. The lowest BCUT2D eigenvalue weighted by Gasteiger charge is -2.24. The number of nitrogens with zero attached hydrogens (tertiary/aromatic N) is 1. The van der Waals surface area contributed by atoms with Crippen molar-refractivity contribution in [1.29, 1.82) is 0 Å². The molecular formula is C20H26ClNO2S. The normalized spacial score (nSPS) is 26.1. The van der Waals surface area contributed by atoms with Crippen LogP contribution < -0.4 is 4.74 Å². The van der Waals surface area contributed by atoms with Gasteiger partial charge in [0.2, 0.25) is 0 Å². The third kappa shape index (κ3) is 4.75. The fourth-order valence-electron chi connectivity index (χ4n) is 3.68. The standard InChI is InChI=1S/C20H26ClNO2S/c1-13-6-7-14(2)19(10-13)24-12-16-15(18(23)11-17(16)21)4-3-5-20-22-8-9-25-20/h6-10,15-18,23H,3-5,11-12H2,1-2H3/t15-,16-,17?,18?/m1/s1. The lowest BCUT2D eigenvalue weighted by atomic mass is 9.90. The molecule has 3 nitrogen and oxygen atoms in total. The Morgan fingerprint density at radius 3 is 2.92 bits per heavy atom. The number of thiazole rings is 1. The molecule has 0 spiro atoms. The van der Waals surface area contributed by atoms with E-state index in [1.165, 1.54) is 5.56 Å². The summed E-state index contributed by atoms with van der Waals surface area (Å²) in [5, 5.41) is 13.6. The van der Waals surface area contributed by atoms with E-state index >= 15 is 0 Å². The van der Waals surface area contributed by atoms with Crippen LogP contribution in [0.2, 0.25) is 0 Å². The first kappa shape index (κ1) is 18.7. The van der Waals surface area contributed by atoms with Crippen LogP contribution in [0.15, 0.2) is 29.8 Å². The highest BCUT2D eigenvalue weighted by molar-refractivity contribution is 7.09. The second kappa shape index (κ2) is 8.52. The van der Waals surface area contributed by atoms with Crippen LogP contribution >= 0.6 is 22.9 Å². The number of aliphatic hydroxyl groups is 1. The van der Waals surface area contributed by atoms with Gasteiger partial charge in [-0.2, -0.15) is 0 Å². The zero-order chi connectivity index (χ0) is 17.8. The minimum absolute atomic E-state index is 0.0232. The molecule has 0 aliphatic heterocycles. The lowest BCUT2D eigenvalue weighted by molar-refractivity contribution is 0.0953. The molecule has 1 heterocycles. The number of alkyl halides is 1. The Hall–Kier alpha value is -1.10. The van der Waals surface area contributed by atoms with Crippen molar-refractivity contribution < 1.29 is 9.84 Å². The molecule has 3 rings (SSSR count). The number of hydrogen-bond donors (Lipinski definition) is 1. The molecule has 1 aromatic carbocycles. The summed E-state index contributed by atoms with van der Waals surface area (Å²) >= 11 is 8.23. The van der Waals surface area contributed by atoms with Crippen LogP contribution in [-0.4, -0.2) is 28.2 Å². The molecule has 1 N–H and O–H groups in total. The van der Waals surface area contributed by atoms with Crippen LogP contribution in [0.4, 0.5) is 0 Å². The average Bonchev–Trinajstić information content (AvgIpc) is 3.18. The molecule has 0 radical (unpaired) electrons. The summed E-state index contributed by atoms with van der Waals surface area (Å²) in [6, 6.07) is 6.24. The van der Waals surface area contributed by atoms with E-state index in [1.54, 1.807) is 11.3 Å². The lowest BCUT2D eigenvalue weighted by Crippen LogP contribution is -2.26. The summed E-state index contributed by atoms with van der Waals surface area (Å²) in [4.78, 5) is 4.33. The Bertz CT molecular complexity index is 676. The largest absolute Gasteiger partial charge is 0.493 e. The molecular weight excluding hydrogens is 354 g/mol. The van der Waals surface area contributed by atoms with E-state index in [-0.39, 0.29) is 23.3 Å². The maximum Gasteiger partial charge on any atom is 0.122 e. The smallest absolute Gasteiger partial charge is 0.122 e. The molecule has 1 aliphatic carbocycles. The molecule has 5 heteroatoms. The summed E-state index contributed by atoms with van der Waals surface area (Å²) < 4.78 is 6.10. The SMILES string of the molecule is Cc1ccc(C)c(OC[C@H]2C(Cl)CC(O)[C@@H]2CCCc2nccs2)c1. The van der Waals surface area contributed by atoms with Gasteiger partial charge in [-0.05, 0) is 62.6 Å². The Morgan fingerprint density at radius 1 is 1.32 bits per heavy atom. The van der Waals surface area contributed by atoms with Gasteiger partial charge in [0.1, 0.15) is 5.75 Å². The number of aryl methyl sites for hydroxylation is 3. The van der Waals surface area contributed by atoms with E-state index in [0.717, 1.165) is 35.6 Å². The average molecular weight is 380 g/mol.